The molecular formula is C17H26Cl3N3O. The Hall–Kier alpha value is -0.520. The summed E-state index contributed by atoms with van der Waals surface area (Å²) >= 11 is 12.0. The topological polar surface area (TPSA) is 44.4 Å². The summed E-state index contributed by atoms with van der Waals surface area (Å²) in [5.74, 6) is 0.738. The lowest BCUT2D eigenvalue weighted by atomic mass is 9.93. The maximum atomic E-state index is 12.4. The van der Waals surface area contributed by atoms with Gasteiger partial charge in [0, 0.05) is 5.02 Å². The Morgan fingerprint density at radius 2 is 2.00 bits per heavy atom. The number of carbonyl (C=O) groups is 1. The van der Waals surface area contributed by atoms with E-state index in [1.54, 1.807) is 18.2 Å². The molecule has 1 atom stereocenters. The van der Waals surface area contributed by atoms with E-state index >= 15 is 0 Å². The van der Waals surface area contributed by atoms with Crippen LogP contribution < -0.4 is 10.6 Å². The summed E-state index contributed by atoms with van der Waals surface area (Å²) in [6.45, 7) is 4.96. The lowest BCUT2D eigenvalue weighted by molar-refractivity contribution is -0.121. The van der Waals surface area contributed by atoms with Crippen LogP contribution in [0, 0.1) is 5.92 Å². The van der Waals surface area contributed by atoms with Gasteiger partial charge < -0.3 is 10.6 Å². The molecule has 0 saturated carbocycles. The average Bonchev–Trinajstić information content (AvgIpc) is 2.55. The SMILES string of the molecule is CNCCC1CCN(C(C)C(=O)Nc2ccc(Cl)cc2Cl)CC1.Cl. The van der Waals surface area contributed by atoms with E-state index in [9.17, 15) is 4.79 Å². The van der Waals surface area contributed by atoms with E-state index in [1.807, 2.05) is 14.0 Å². The van der Waals surface area contributed by atoms with E-state index in [0.29, 0.717) is 15.7 Å². The number of benzene rings is 1. The highest BCUT2D eigenvalue weighted by Gasteiger charge is 2.26. The minimum Gasteiger partial charge on any atom is -0.323 e. The van der Waals surface area contributed by atoms with Crippen molar-refractivity contribution in [3.05, 3.63) is 28.2 Å². The number of hydrogen-bond donors (Lipinski definition) is 2. The van der Waals surface area contributed by atoms with Gasteiger partial charge in [0.15, 0.2) is 0 Å². The van der Waals surface area contributed by atoms with Crippen LogP contribution in [0.2, 0.25) is 10.0 Å². The van der Waals surface area contributed by atoms with Gasteiger partial charge in [0.2, 0.25) is 5.91 Å². The van der Waals surface area contributed by atoms with E-state index in [2.05, 4.69) is 15.5 Å². The van der Waals surface area contributed by atoms with E-state index in [1.165, 1.54) is 6.42 Å². The number of likely N-dealkylation sites (tertiary alicyclic amines) is 1. The molecule has 4 nitrogen and oxygen atoms in total. The van der Waals surface area contributed by atoms with Gasteiger partial charge >= 0.3 is 0 Å². The van der Waals surface area contributed by atoms with Crippen molar-refractivity contribution in [2.45, 2.75) is 32.2 Å². The highest BCUT2D eigenvalue weighted by atomic mass is 35.5. The molecule has 136 valence electrons. The number of anilines is 1. The summed E-state index contributed by atoms with van der Waals surface area (Å²) in [6, 6.07) is 4.93. The molecule has 1 aliphatic rings. The van der Waals surface area contributed by atoms with E-state index in [0.717, 1.165) is 38.4 Å². The molecule has 1 amide bonds. The number of halogens is 3. The second-order valence-electron chi connectivity index (χ2n) is 6.16. The van der Waals surface area contributed by atoms with Gasteiger partial charge in [0.1, 0.15) is 0 Å². The molecular weight excluding hydrogens is 369 g/mol. The van der Waals surface area contributed by atoms with Gasteiger partial charge in [-0.1, -0.05) is 23.2 Å². The highest BCUT2D eigenvalue weighted by molar-refractivity contribution is 6.36. The van der Waals surface area contributed by atoms with Crippen LogP contribution in [0.3, 0.4) is 0 Å². The smallest absolute Gasteiger partial charge is 0.241 e. The summed E-state index contributed by atoms with van der Waals surface area (Å²) in [5.41, 5.74) is 0.608. The molecule has 1 heterocycles. The Labute approximate surface area is 160 Å². The molecule has 1 aromatic rings. The van der Waals surface area contributed by atoms with Crippen molar-refractivity contribution in [1.29, 1.82) is 0 Å². The first kappa shape index (κ1) is 21.5. The predicted molar refractivity (Wildman–Crippen MR) is 105 cm³/mol. The van der Waals surface area contributed by atoms with Gasteiger partial charge in [-0.15, -0.1) is 12.4 Å². The van der Waals surface area contributed by atoms with Crippen molar-refractivity contribution in [3.63, 3.8) is 0 Å². The largest absolute Gasteiger partial charge is 0.323 e. The number of rotatable bonds is 6. The number of amides is 1. The summed E-state index contributed by atoms with van der Waals surface area (Å²) in [5, 5.41) is 7.12. The molecule has 1 unspecified atom stereocenters. The van der Waals surface area contributed by atoms with Crippen molar-refractivity contribution in [2.75, 3.05) is 32.0 Å². The van der Waals surface area contributed by atoms with Crippen molar-refractivity contribution in [3.8, 4) is 0 Å². The van der Waals surface area contributed by atoms with Crippen LogP contribution in [-0.2, 0) is 4.79 Å². The fourth-order valence-corrected chi connectivity index (χ4v) is 3.43. The molecule has 0 aromatic heterocycles. The molecule has 1 fully saturated rings. The first-order chi connectivity index (χ1) is 11.0. The molecule has 2 rings (SSSR count). The minimum atomic E-state index is -0.160. The minimum absolute atomic E-state index is 0. The van der Waals surface area contributed by atoms with Crippen molar-refractivity contribution >= 4 is 47.2 Å². The highest BCUT2D eigenvalue weighted by Crippen LogP contribution is 2.26. The van der Waals surface area contributed by atoms with Crippen LogP contribution >= 0.6 is 35.6 Å². The number of carbonyl (C=O) groups excluding carboxylic acids is 1. The van der Waals surface area contributed by atoms with Crippen LogP contribution in [0.25, 0.3) is 0 Å². The van der Waals surface area contributed by atoms with Crippen LogP contribution in [0.1, 0.15) is 26.2 Å². The van der Waals surface area contributed by atoms with Gasteiger partial charge in [-0.25, -0.2) is 0 Å². The second kappa shape index (κ2) is 10.5. The number of piperidine rings is 1. The van der Waals surface area contributed by atoms with Crippen LogP contribution in [0.4, 0.5) is 5.69 Å². The zero-order valence-corrected chi connectivity index (χ0v) is 16.5. The number of nitrogens with zero attached hydrogens (tertiary/aromatic N) is 1. The monoisotopic (exact) mass is 393 g/mol. The second-order valence-corrected chi connectivity index (χ2v) is 7.00. The molecule has 0 aliphatic carbocycles. The molecule has 1 saturated heterocycles. The third-order valence-corrected chi connectivity index (χ3v) is 5.12. The fourth-order valence-electron chi connectivity index (χ4n) is 2.97. The number of nitrogens with one attached hydrogen (secondary N) is 2. The van der Waals surface area contributed by atoms with Crippen molar-refractivity contribution in [1.82, 2.24) is 10.2 Å². The van der Waals surface area contributed by atoms with Crippen LogP contribution in [0.5, 0.6) is 0 Å². The molecule has 0 bridgehead atoms. The molecule has 1 aliphatic heterocycles. The third-order valence-electron chi connectivity index (χ3n) is 4.57. The fraction of sp³-hybridized carbons (Fsp3) is 0.588. The molecule has 7 heteroatoms. The van der Waals surface area contributed by atoms with E-state index in [-0.39, 0.29) is 24.4 Å². The lowest BCUT2D eigenvalue weighted by Crippen LogP contribution is -2.46. The molecule has 1 aromatic carbocycles. The Morgan fingerprint density at radius 3 is 2.58 bits per heavy atom. The van der Waals surface area contributed by atoms with Gasteiger partial charge in [-0.2, -0.15) is 0 Å². The standard InChI is InChI=1S/C17H25Cl2N3O.ClH/c1-12(22-9-6-13(7-10-22)5-8-20-2)17(23)21-16-4-3-14(18)11-15(16)19;/h3-4,11-13,20H,5-10H2,1-2H3,(H,21,23);1H. The quantitative estimate of drug-likeness (QED) is 0.764. The van der Waals surface area contributed by atoms with Gasteiger partial charge in [-0.05, 0) is 77.0 Å². The Bertz CT molecular complexity index is 534. The van der Waals surface area contributed by atoms with Crippen molar-refractivity contribution in [2.24, 2.45) is 5.92 Å². The molecule has 2 N–H and O–H groups in total. The number of hydrogen-bond acceptors (Lipinski definition) is 3. The first-order valence-electron chi connectivity index (χ1n) is 8.16. The van der Waals surface area contributed by atoms with Gasteiger partial charge in [0.25, 0.3) is 0 Å². The Balaban J connectivity index is 0.00000288. The molecule has 24 heavy (non-hydrogen) atoms. The first-order valence-corrected chi connectivity index (χ1v) is 8.91. The predicted octanol–water partition coefficient (Wildman–Crippen LogP) is 4.06. The Morgan fingerprint density at radius 1 is 1.33 bits per heavy atom. The zero-order valence-electron chi connectivity index (χ0n) is 14.1. The van der Waals surface area contributed by atoms with E-state index < -0.39 is 0 Å². The van der Waals surface area contributed by atoms with E-state index in [4.69, 9.17) is 23.2 Å². The lowest BCUT2D eigenvalue weighted by Gasteiger charge is -2.35. The maximum absolute atomic E-state index is 12.4. The zero-order chi connectivity index (χ0) is 16.8. The molecule has 0 radical (unpaired) electrons. The summed E-state index contributed by atoms with van der Waals surface area (Å²) in [7, 11) is 1.99. The maximum Gasteiger partial charge on any atom is 0.241 e. The molecule has 0 spiro atoms. The normalized spacial score (nSPS) is 17.2. The van der Waals surface area contributed by atoms with Gasteiger partial charge in [0.05, 0.1) is 16.8 Å². The Kier molecular flexibility index (Phi) is 9.39. The summed E-state index contributed by atoms with van der Waals surface area (Å²) in [4.78, 5) is 14.7. The average molecular weight is 395 g/mol. The van der Waals surface area contributed by atoms with Crippen LogP contribution in [0.15, 0.2) is 18.2 Å². The van der Waals surface area contributed by atoms with Crippen LogP contribution in [-0.4, -0.2) is 43.5 Å². The van der Waals surface area contributed by atoms with Gasteiger partial charge in [-0.3, -0.25) is 9.69 Å². The third kappa shape index (κ3) is 6.08. The van der Waals surface area contributed by atoms with Crippen molar-refractivity contribution < 1.29 is 4.79 Å². The summed E-state index contributed by atoms with van der Waals surface area (Å²) in [6.07, 6.45) is 3.52. The summed E-state index contributed by atoms with van der Waals surface area (Å²) < 4.78 is 0.